The molecular formula is C20H36N2O2. The van der Waals surface area contributed by atoms with Crippen LogP contribution in [-0.4, -0.2) is 24.1 Å². The Kier molecular flexibility index (Phi) is 15.2. The number of Topliss-reactive ketones (excluding diaryl/α,β-unsaturated/α-hetero) is 1. The van der Waals surface area contributed by atoms with Crippen LogP contribution in [-0.2, 0) is 16.1 Å². The molecule has 0 saturated heterocycles. The van der Waals surface area contributed by atoms with Crippen LogP contribution in [0.2, 0.25) is 0 Å². The lowest BCUT2D eigenvalue weighted by Crippen LogP contribution is -2.35. The van der Waals surface area contributed by atoms with Gasteiger partial charge in [-0.3, -0.25) is 4.79 Å². The van der Waals surface area contributed by atoms with Crippen molar-refractivity contribution in [3.8, 4) is 0 Å². The maximum absolute atomic E-state index is 11.8. The van der Waals surface area contributed by atoms with Crippen molar-refractivity contribution >= 4 is 11.5 Å². The highest BCUT2D eigenvalue weighted by molar-refractivity contribution is 5.98. The highest BCUT2D eigenvalue weighted by atomic mass is 16.6. The number of hydrogen-bond acceptors (Lipinski definition) is 4. The van der Waals surface area contributed by atoms with Gasteiger partial charge in [0.1, 0.15) is 6.61 Å². The van der Waals surface area contributed by atoms with E-state index in [4.69, 9.17) is 10.6 Å². The molecule has 1 aromatic carbocycles. The Morgan fingerprint density at radius 3 is 2.04 bits per heavy atom. The summed E-state index contributed by atoms with van der Waals surface area (Å²) in [5.41, 5.74) is 8.82. The van der Waals surface area contributed by atoms with Gasteiger partial charge in [-0.05, 0) is 31.4 Å². The molecule has 0 bridgehead atoms. The average Bonchev–Trinajstić information content (AvgIpc) is 2.62. The topological polar surface area (TPSA) is 64.7 Å². The number of carbonyl (C=O) groups is 1. The zero-order valence-electron chi connectivity index (χ0n) is 16.7. The summed E-state index contributed by atoms with van der Waals surface area (Å²) in [6, 6.07) is 7.47. The molecule has 4 heteroatoms. The molecule has 0 spiro atoms. The van der Waals surface area contributed by atoms with Gasteiger partial charge >= 0.3 is 0 Å². The number of benzene rings is 1. The van der Waals surface area contributed by atoms with Crippen LogP contribution in [0.4, 0.5) is 0 Å². The minimum Gasteiger partial charge on any atom is -0.396 e. The van der Waals surface area contributed by atoms with E-state index in [-0.39, 0.29) is 11.7 Å². The number of ketones is 1. The Bertz CT molecular complexity index is 465. The summed E-state index contributed by atoms with van der Waals surface area (Å²) < 4.78 is 0. The summed E-state index contributed by atoms with van der Waals surface area (Å²) in [6.07, 6.45) is 0.568. The van der Waals surface area contributed by atoms with Gasteiger partial charge in [0.15, 0.2) is 5.78 Å². The third-order valence-electron chi connectivity index (χ3n) is 3.09. The number of rotatable bonds is 7. The van der Waals surface area contributed by atoms with E-state index in [1.807, 2.05) is 79.7 Å². The molecule has 0 aliphatic heterocycles. The van der Waals surface area contributed by atoms with Crippen molar-refractivity contribution < 1.29 is 9.63 Å². The molecule has 0 radical (unpaired) electrons. The van der Waals surface area contributed by atoms with Crippen LogP contribution in [0.1, 0.15) is 66.5 Å². The van der Waals surface area contributed by atoms with Gasteiger partial charge < -0.3 is 10.6 Å². The Hall–Kier alpha value is -1.68. The van der Waals surface area contributed by atoms with Crippen LogP contribution in [0.5, 0.6) is 0 Å². The second-order valence-corrected chi connectivity index (χ2v) is 5.16. The fraction of sp³-hybridized carbons (Fsp3) is 0.600. The van der Waals surface area contributed by atoms with Crippen molar-refractivity contribution in [1.29, 1.82) is 0 Å². The summed E-state index contributed by atoms with van der Waals surface area (Å²) in [5, 5.41) is 3.99. The molecule has 0 fully saturated rings. The Morgan fingerprint density at radius 2 is 1.62 bits per heavy atom. The lowest BCUT2D eigenvalue weighted by molar-refractivity contribution is -0.123. The maximum Gasteiger partial charge on any atom is 0.152 e. The van der Waals surface area contributed by atoms with Crippen molar-refractivity contribution in [1.82, 2.24) is 0 Å². The van der Waals surface area contributed by atoms with Crippen molar-refractivity contribution in [2.45, 2.75) is 67.9 Å². The normalized spacial score (nSPS) is 11.7. The number of carbonyl (C=O) groups excluding carboxylic acids is 1. The first-order chi connectivity index (χ1) is 11.5. The molecule has 1 aromatic rings. The van der Waals surface area contributed by atoms with Crippen LogP contribution in [0, 0.1) is 5.92 Å². The standard InChI is InChI=1S/C16H24N2O2.2C2H6/c1-5-20-18-12(4)14-8-6-13(7-9-14)10-15(17)16(19)11(2)3;2*1-2/h6-9,11,15H,5,10,17H2,1-4H3;2*1-2H3/b18-12-;;. The lowest BCUT2D eigenvalue weighted by atomic mass is 9.96. The molecule has 0 saturated carbocycles. The smallest absolute Gasteiger partial charge is 0.152 e. The first-order valence-corrected chi connectivity index (χ1v) is 9.00. The molecule has 0 aromatic heterocycles. The molecular weight excluding hydrogens is 300 g/mol. The molecule has 4 nitrogen and oxygen atoms in total. The Morgan fingerprint density at radius 1 is 1.12 bits per heavy atom. The summed E-state index contributed by atoms with van der Waals surface area (Å²) in [4.78, 5) is 16.8. The molecule has 138 valence electrons. The molecule has 1 unspecified atom stereocenters. The van der Waals surface area contributed by atoms with Gasteiger partial charge in [-0.2, -0.15) is 0 Å². The Balaban J connectivity index is 0. The van der Waals surface area contributed by atoms with Gasteiger partial charge in [-0.25, -0.2) is 0 Å². The van der Waals surface area contributed by atoms with Crippen LogP contribution >= 0.6 is 0 Å². The van der Waals surface area contributed by atoms with E-state index < -0.39 is 6.04 Å². The third kappa shape index (κ3) is 9.46. The van der Waals surface area contributed by atoms with E-state index in [2.05, 4.69) is 5.16 Å². The fourth-order valence-corrected chi connectivity index (χ4v) is 1.88. The average molecular weight is 337 g/mol. The molecule has 0 aliphatic carbocycles. The Labute approximate surface area is 148 Å². The van der Waals surface area contributed by atoms with Crippen molar-refractivity contribution in [3.63, 3.8) is 0 Å². The zero-order valence-corrected chi connectivity index (χ0v) is 16.7. The minimum atomic E-state index is -0.431. The van der Waals surface area contributed by atoms with Gasteiger partial charge in [0.2, 0.25) is 0 Å². The van der Waals surface area contributed by atoms with Crippen molar-refractivity contribution in [3.05, 3.63) is 35.4 Å². The molecule has 2 N–H and O–H groups in total. The van der Waals surface area contributed by atoms with E-state index in [1.165, 1.54) is 0 Å². The molecule has 1 rings (SSSR count). The van der Waals surface area contributed by atoms with Crippen molar-refractivity contribution in [2.75, 3.05) is 6.61 Å². The predicted octanol–water partition coefficient (Wildman–Crippen LogP) is 4.59. The molecule has 0 aliphatic rings. The quantitative estimate of drug-likeness (QED) is 0.585. The van der Waals surface area contributed by atoms with E-state index >= 15 is 0 Å². The van der Waals surface area contributed by atoms with E-state index in [0.717, 1.165) is 16.8 Å². The first kappa shape index (κ1) is 24.6. The van der Waals surface area contributed by atoms with Crippen LogP contribution in [0.3, 0.4) is 0 Å². The summed E-state index contributed by atoms with van der Waals surface area (Å²) in [6.45, 7) is 16.1. The second-order valence-electron chi connectivity index (χ2n) is 5.16. The van der Waals surface area contributed by atoms with Crippen LogP contribution < -0.4 is 5.73 Å². The van der Waals surface area contributed by atoms with Gasteiger partial charge in [0.05, 0.1) is 11.8 Å². The maximum atomic E-state index is 11.8. The largest absolute Gasteiger partial charge is 0.396 e. The number of hydrogen-bond donors (Lipinski definition) is 1. The summed E-state index contributed by atoms with van der Waals surface area (Å²) in [5.74, 6) is 0.0769. The summed E-state index contributed by atoms with van der Waals surface area (Å²) in [7, 11) is 0. The molecule has 1 atom stereocenters. The zero-order chi connectivity index (χ0) is 19.1. The first-order valence-electron chi connectivity index (χ1n) is 9.00. The number of nitrogens with zero attached hydrogens (tertiary/aromatic N) is 1. The van der Waals surface area contributed by atoms with Gasteiger partial charge in [-0.1, -0.05) is 71.0 Å². The third-order valence-corrected chi connectivity index (χ3v) is 3.09. The molecule has 0 heterocycles. The number of oxime groups is 1. The SMILES string of the molecule is CC.CC.CCO/N=C(/C)c1ccc(CC(N)C(=O)C(C)C)cc1. The monoisotopic (exact) mass is 336 g/mol. The highest BCUT2D eigenvalue weighted by Gasteiger charge is 2.17. The lowest BCUT2D eigenvalue weighted by Gasteiger charge is -2.13. The summed E-state index contributed by atoms with van der Waals surface area (Å²) >= 11 is 0. The number of nitrogens with two attached hydrogens (primary N) is 1. The predicted molar refractivity (Wildman–Crippen MR) is 104 cm³/mol. The van der Waals surface area contributed by atoms with Gasteiger partial charge in [0.25, 0.3) is 0 Å². The van der Waals surface area contributed by atoms with Gasteiger partial charge in [-0.15, -0.1) is 0 Å². The molecule has 0 amide bonds. The van der Waals surface area contributed by atoms with Gasteiger partial charge in [0, 0.05) is 5.92 Å². The minimum absolute atomic E-state index is 0.0233. The van der Waals surface area contributed by atoms with E-state index in [0.29, 0.717) is 13.0 Å². The second kappa shape index (κ2) is 14.9. The van der Waals surface area contributed by atoms with E-state index in [9.17, 15) is 4.79 Å². The van der Waals surface area contributed by atoms with Crippen LogP contribution in [0.25, 0.3) is 0 Å². The molecule has 24 heavy (non-hydrogen) atoms. The van der Waals surface area contributed by atoms with Crippen molar-refractivity contribution in [2.24, 2.45) is 16.8 Å². The van der Waals surface area contributed by atoms with E-state index in [1.54, 1.807) is 0 Å². The van der Waals surface area contributed by atoms with Crippen LogP contribution in [0.15, 0.2) is 29.4 Å². The fourth-order valence-electron chi connectivity index (χ4n) is 1.88. The highest BCUT2D eigenvalue weighted by Crippen LogP contribution is 2.10.